The molecule has 0 unspecified atom stereocenters. The standard InChI is InChI=1S/C35H32N2O5S/c1-39-28-17-15-24(16-18-28)20-40-23-35-30(21-41-33(38)25-9-3-2-4-10-25)32(29-13-7-8-14-31(29)42-35)37-19-26-11-5-6-12-27(26)22-43-34(37)36-35/h2-18,30,32H,19-23H2,1H3/t30-,32-,35-/m1/s1. The van der Waals surface area contributed by atoms with Gasteiger partial charge in [-0.15, -0.1) is 0 Å². The Balaban J connectivity index is 1.26. The van der Waals surface area contributed by atoms with Crippen molar-refractivity contribution in [2.75, 3.05) is 20.3 Å². The number of carbonyl (C=O) groups is 1. The Hall–Kier alpha value is -4.27. The van der Waals surface area contributed by atoms with Crippen molar-refractivity contribution in [3.8, 4) is 11.5 Å². The predicted molar refractivity (Wildman–Crippen MR) is 166 cm³/mol. The minimum atomic E-state index is -1.09. The third-order valence-corrected chi connectivity index (χ3v) is 9.35. The highest BCUT2D eigenvalue weighted by Gasteiger charge is 2.57. The Morgan fingerprint density at radius 2 is 1.70 bits per heavy atom. The minimum Gasteiger partial charge on any atom is -0.497 e. The summed E-state index contributed by atoms with van der Waals surface area (Å²) in [6, 6.07) is 33.4. The van der Waals surface area contributed by atoms with Crippen molar-refractivity contribution < 1.29 is 23.7 Å². The van der Waals surface area contributed by atoms with E-state index in [9.17, 15) is 4.79 Å². The number of carbonyl (C=O) groups excluding carboxylic acids is 1. The molecule has 3 atom stereocenters. The largest absolute Gasteiger partial charge is 0.497 e. The summed E-state index contributed by atoms with van der Waals surface area (Å²) >= 11 is 1.72. The van der Waals surface area contributed by atoms with Crippen LogP contribution in [0.5, 0.6) is 11.5 Å². The maximum Gasteiger partial charge on any atom is 0.338 e. The Morgan fingerprint density at radius 3 is 2.51 bits per heavy atom. The van der Waals surface area contributed by atoms with Crippen LogP contribution in [-0.4, -0.2) is 42.1 Å². The second-order valence-electron chi connectivity index (χ2n) is 10.9. The van der Waals surface area contributed by atoms with E-state index in [2.05, 4.69) is 35.2 Å². The van der Waals surface area contributed by atoms with E-state index in [0.717, 1.165) is 33.5 Å². The van der Waals surface area contributed by atoms with Crippen molar-refractivity contribution in [1.29, 1.82) is 0 Å². The highest BCUT2D eigenvalue weighted by atomic mass is 32.2. The van der Waals surface area contributed by atoms with Crippen molar-refractivity contribution >= 4 is 22.9 Å². The lowest BCUT2D eigenvalue weighted by molar-refractivity contribution is -0.120. The molecule has 0 fully saturated rings. The summed E-state index contributed by atoms with van der Waals surface area (Å²) in [5, 5.41) is 0.911. The Bertz CT molecular complexity index is 1640. The van der Waals surface area contributed by atoms with Crippen LogP contribution in [0, 0.1) is 5.92 Å². The molecular formula is C35H32N2O5S. The van der Waals surface area contributed by atoms with E-state index >= 15 is 0 Å². The van der Waals surface area contributed by atoms with Gasteiger partial charge in [0.2, 0.25) is 5.72 Å². The van der Waals surface area contributed by atoms with E-state index in [0.29, 0.717) is 18.7 Å². The molecule has 0 saturated carbocycles. The molecule has 3 aliphatic heterocycles. The summed E-state index contributed by atoms with van der Waals surface area (Å²) in [5.41, 5.74) is 4.07. The van der Waals surface area contributed by atoms with E-state index in [-0.39, 0.29) is 31.1 Å². The number of methoxy groups -OCH3 is 1. The molecule has 4 aromatic rings. The SMILES string of the molecule is COc1ccc(COC[C@@]23N=C4SCc5ccccc5CN4[C@H](c4ccccc4O2)[C@H]3COC(=O)c2ccccc2)cc1. The number of para-hydroxylation sites is 1. The fraction of sp³-hybridized carbons (Fsp3) is 0.257. The van der Waals surface area contributed by atoms with E-state index < -0.39 is 5.72 Å². The number of esters is 1. The summed E-state index contributed by atoms with van der Waals surface area (Å²) in [4.78, 5) is 20.8. The molecule has 8 heteroatoms. The Kier molecular flexibility index (Phi) is 7.55. The van der Waals surface area contributed by atoms with Gasteiger partial charge in [0.1, 0.15) is 24.7 Å². The van der Waals surface area contributed by atoms with Crippen LogP contribution in [0.2, 0.25) is 0 Å². The number of ether oxygens (including phenoxy) is 4. The summed E-state index contributed by atoms with van der Waals surface area (Å²) < 4.78 is 24.5. The topological polar surface area (TPSA) is 69.6 Å². The summed E-state index contributed by atoms with van der Waals surface area (Å²) in [6.45, 7) is 1.40. The number of fused-ring (bicyclic) bond motifs is 7. The third-order valence-electron chi connectivity index (χ3n) is 8.31. The number of benzene rings is 4. The summed E-state index contributed by atoms with van der Waals surface area (Å²) in [6.07, 6.45) is 0. The molecule has 3 heterocycles. The fourth-order valence-electron chi connectivity index (χ4n) is 6.09. The Morgan fingerprint density at radius 1 is 0.953 bits per heavy atom. The number of nitrogens with zero attached hydrogens (tertiary/aromatic N) is 2. The monoisotopic (exact) mass is 592 g/mol. The van der Waals surface area contributed by atoms with Crippen molar-refractivity contribution in [3.63, 3.8) is 0 Å². The normalized spacial score (nSPS) is 21.7. The number of hydrogen-bond acceptors (Lipinski definition) is 8. The van der Waals surface area contributed by atoms with Crippen molar-refractivity contribution in [2.24, 2.45) is 10.9 Å². The zero-order valence-electron chi connectivity index (χ0n) is 23.8. The van der Waals surface area contributed by atoms with Crippen molar-refractivity contribution in [3.05, 3.63) is 131 Å². The number of hydrogen-bond donors (Lipinski definition) is 0. The van der Waals surface area contributed by atoms with Gasteiger partial charge in [0.25, 0.3) is 0 Å². The predicted octanol–water partition coefficient (Wildman–Crippen LogP) is 6.63. The molecular weight excluding hydrogens is 560 g/mol. The molecule has 0 saturated heterocycles. The first-order valence-corrected chi connectivity index (χ1v) is 15.4. The molecule has 218 valence electrons. The lowest BCUT2D eigenvalue weighted by Gasteiger charge is -2.53. The highest BCUT2D eigenvalue weighted by molar-refractivity contribution is 8.13. The molecule has 0 aromatic heterocycles. The van der Waals surface area contributed by atoms with Crippen LogP contribution in [0.3, 0.4) is 0 Å². The van der Waals surface area contributed by atoms with Crippen LogP contribution < -0.4 is 9.47 Å². The van der Waals surface area contributed by atoms with Crippen LogP contribution in [0.25, 0.3) is 0 Å². The van der Waals surface area contributed by atoms with Gasteiger partial charge in [-0.05, 0) is 47.0 Å². The smallest absolute Gasteiger partial charge is 0.338 e. The van der Waals surface area contributed by atoms with Gasteiger partial charge in [-0.3, -0.25) is 0 Å². The molecule has 4 aromatic carbocycles. The van der Waals surface area contributed by atoms with Gasteiger partial charge in [0.15, 0.2) is 5.17 Å². The maximum atomic E-state index is 13.2. The van der Waals surface area contributed by atoms with Crippen molar-refractivity contribution in [1.82, 2.24) is 4.90 Å². The van der Waals surface area contributed by atoms with Gasteiger partial charge in [-0.25, -0.2) is 9.79 Å². The number of thioether (sulfide) groups is 1. The molecule has 7 rings (SSSR count). The van der Waals surface area contributed by atoms with E-state index in [1.807, 2.05) is 60.7 Å². The average molecular weight is 593 g/mol. The quantitative estimate of drug-likeness (QED) is 0.213. The molecule has 0 N–H and O–H groups in total. The van der Waals surface area contributed by atoms with Gasteiger partial charge in [0, 0.05) is 17.9 Å². The fourth-order valence-corrected chi connectivity index (χ4v) is 7.22. The van der Waals surface area contributed by atoms with Crippen molar-refractivity contribution in [2.45, 2.75) is 30.7 Å². The maximum absolute atomic E-state index is 13.2. The lowest BCUT2D eigenvalue weighted by Crippen LogP contribution is -2.61. The first-order valence-electron chi connectivity index (χ1n) is 14.4. The molecule has 43 heavy (non-hydrogen) atoms. The van der Waals surface area contributed by atoms with Crippen LogP contribution in [0.1, 0.15) is 38.7 Å². The number of rotatable bonds is 8. The summed E-state index contributed by atoms with van der Waals surface area (Å²) in [5.74, 6) is 1.70. The van der Waals surface area contributed by atoms with Crippen LogP contribution in [-0.2, 0) is 28.4 Å². The molecule has 3 aliphatic rings. The van der Waals surface area contributed by atoms with Gasteiger partial charge >= 0.3 is 5.97 Å². The average Bonchev–Trinajstić information content (AvgIpc) is 3.23. The van der Waals surface area contributed by atoms with Crippen LogP contribution >= 0.6 is 11.8 Å². The Labute approximate surface area is 255 Å². The zero-order valence-corrected chi connectivity index (χ0v) is 24.7. The molecule has 0 radical (unpaired) electrons. The second kappa shape index (κ2) is 11.8. The summed E-state index contributed by atoms with van der Waals surface area (Å²) in [7, 11) is 1.65. The van der Waals surface area contributed by atoms with Gasteiger partial charge < -0.3 is 23.8 Å². The lowest BCUT2D eigenvalue weighted by atomic mass is 9.80. The van der Waals surface area contributed by atoms with E-state index in [1.165, 1.54) is 11.1 Å². The van der Waals surface area contributed by atoms with Gasteiger partial charge in [-0.1, -0.05) is 84.6 Å². The second-order valence-corrected chi connectivity index (χ2v) is 11.9. The highest BCUT2D eigenvalue weighted by Crippen LogP contribution is 2.53. The molecule has 0 aliphatic carbocycles. The number of amidine groups is 1. The first kappa shape index (κ1) is 27.6. The van der Waals surface area contributed by atoms with Crippen LogP contribution in [0.4, 0.5) is 0 Å². The van der Waals surface area contributed by atoms with E-state index in [1.54, 1.807) is 31.0 Å². The molecule has 0 spiro atoms. The molecule has 0 amide bonds. The minimum absolute atomic E-state index is 0.123. The molecule has 7 nitrogen and oxygen atoms in total. The third kappa shape index (κ3) is 5.37. The number of aliphatic imine (C=N–C) groups is 1. The van der Waals surface area contributed by atoms with E-state index in [4.69, 9.17) is 23.9 Å². The van der Waals surface area contributed by atoms with Crippen LogP contribution in [0.15, 0.2) is 108 Å². The zero-order chi connectivity index (χ0) is 29.2. The van der Waals surface area contributed by atoms with Gasteiger partial charge in [0.05, 0.1) is 31.2 Å². The molecule has 2 bridgehead atoms. The van der Waals surface area contributed by atoms with Gasteiger partial charge in [-0.2, -0.15) is 0 Å². The first-order chi connectivity index (χ1) is 21.1.